The van der Waals surface area contributed by atoms with Gasteiger partial charge in [0.1, 0.15) is 12.4 Å². The summed E-state index contributed by atoms with van der Waals surface area (Å²) in [5.41, 5.74) is 4.57. The van der Waals surface area contributed by atoms with E-state index in [-0.39, 0.29) is 5.56 Å². The number of carbonyl (C=O) groups is 3. The minimum absolute atomic E-state index is 0.180. The minimum atomic E-state index is -0.835. The number of nitrogens with one attached hydrogen (secondary N) is 1. The van der Waals surface area contributed by atoms with E-state index in [1.807, 2.05) is 0 Å². The monoisotopic (exact) mass is 254 g/mol. The third-order valence-corrected chi connectivity index (χ3v) is 1.89. The number of nitrogens with two attached hydrogens (primary N) is 1. The predicted octanol–water partition coefficient (Wildman–Crippen LogP) is -0.416. The number of hydrogen-bond acceptors (Lipinski definition) is 4. The third kappa shape index (κ3) is 4.20. The van der Waals surface area contributed by atoms with Crippen LogP contribution in [0.5, 0.6) is 0 Å². The van der Waals surface area contributed by atoms with Gasteiger partial charge in [-0.15, -0.1) is 0 Å². The van der Waals surface area contributed by atoms with Crippen LogP contribution in [0.3, 0.4) is 0 Å². The van der Waals surface area contributed by atoms with Crippen LogP contribution < -0.4 is 11.1 Å². The molecule has 0 unspecified atom stereocenters. The van der Waals surface area contributed by atoms with Crippen molar-refractivity contribution in [2.24, 2.45) is 5.73 Å². The van der Waals surface area contributed by atoms with Crippen LogP contribution in [-0.4, -0.2) is 30.9 Å². The Hall–Kier alpha value is -2.44. The Balaban J connectivity index is 2.45. The summed E-state index contributed by atoms with van der Waals surface area (Å²) in [5.74, 6) is -3.08. The lowest BCUT2D eigenvalue weighted by Crippen LogP contribution is -2.32. The van der Waals surface area contributed by atoms with Gasteiger partial charge in [0.15, 0.2) is 6.61 Å². The summed E-state index contributed by atoms with van der Waals surface area (Å²) in [4.78, 5) is 32.8. The van der Waals surface area contributed by atoms with E-state index in [4.69, 9.17) is 5.73 Å². The van der Waals surface area contributed by atoms with Gasteiger partial charge in [-0.2, -0.15) is 0 Å². The topological polar surface area (TPSA) is 98.5 Å². The van der Waals surface area contributed by atoms with Crippen molar-refractivity contribution < 1.29 is 23.5 Å². The fourth-order valence-corrected chi connectivity index (χ4v) is 1.10. The van der Waals surface area contributed by atoms with Crippen molar-refractivity contribution in [1.82, 2.24) is 5.32 Å². The highest BCUT2D eigenvalue weighted by atomic mass is 19.1. The molecule has 18 heavy (non-hydrogen) atoms. The molecule has 0 fully saturated rings. The number of rotatable bonds is 5. The molecular formula is C11H11FN2O4. The van der Waals surface area contributed by atoms with E-state index in [1.54, 1.807) is 0 Å². The second-order valence-electron chi connectivity index (χ2n) is 3.29. The first-order valence-corrected chi connectivity index (χ1v) is 4.97. The number of esters is 1. The highest BCUT2D eigenvalue weighted by Gasteiger charge is 2.12. The molecule has 3 N–H and O–H groups in total. The highest BCUT2D eigenvalue weighted by Crippen LogP contribution is 2.05. The SMILES string of the molecule is NC(=O)COC(=O)CNC(=O)c1ccccc1F. The molecule has 0 aromatic heterocycles. The van der Waals surface area contributed by atoms with Gasteiger partial charge in [0.25, 0.3) is 11.8 Å². The highest BCUT2D eigenvalue weighted by molar-refractivity contribution is 5.96. The van der Waals surface area contributed by atoms with E-state index in [0.717, 1.165) is 6.07 Å². The van der Waals surface area contributed by atoms with Gasteiger partial charge in [-0.3, -0.25) is 14.4 Å². The van der Waals surface area contributed by atoms with Crippen molar-refractivity contribution in [3.8, 4) is 0 Å². The second kappa shape index (κ2) is 6.33. The van der Waals surface area contributed by atoms with Crippen molar-refractivity contribution in [1.29, 1.82) is 0 Å². The predicted molar refractivity (Wildman–Crippen MR) is 58.9 cm³/mol. The zero-order valence-corrected chi connectivity index (χ0v) is 9.31. The van der Waals surface area contributed by atoms with Gasteiger partial charge < -0.3 is 15.8 Å². The lowest BCUT2D eigenvalue weighted by Gasteiger charge is -2.05. The minimum Gasteiger partial charge on any atom is -0.454 e. The Labute approximate surface area is 102 Å². The van der Waals surface area contributed by atoms with Crippen molar-refractivity contribution in [3.05, 3.63) is 35.6 Å². The van der Waals surface area contributed by atoms with Crippen LogP contribution in [-0.2, 0) is 14.3 Å². The Kier molecular flexibility index (Phi) is 4.79. The average molecular weight is 254 g/mol. The number of hydrogen-bond donors (Lipinski definition) is 2. The normalized spacial score (nSPS) is 9.61. The van der Waals surface area contributed by atoms with Crippen molar-refractivity contribution in [3.63, 3.8) is 0 Å². The fourth-order valence-electron chi connectivity index (χ4n) is 1.10. The van der Waals surface area contributed by atoms with E-state index >= 15 is 0 Å². The molecule has 0 aliphatic rings. The van der Waals surface area contributed by atoms with Gasteiger partial charge in [-0.1, -0.05) is 12.1 Å². The first-order valence-electron chi connectivity index (χ1n) is 4.97. The van der Waals surface area contributed by atoms with Gasteiger partial charge in [0.05, 0.1) is 5.56 Å². The molecule has 0 spiro atoms. The lowest BCUT2D eigenvalue weighted by atomic mass is 10.2. The number of amides is 2. The van der Waals surface area contributed by atoms with Crippen LogP contribution in [0.1, 0.15) is 10.4 Å². The zero-order chi connectivity index (χ0) is 13.5. The first-order chi connectivity index (χ1) is 8.50. The smallest absolute Gasteiger partial charge is 0.325 e. The summed E-state index contributed by atoms with van der Waals surface area (Å²) in [6.45, 7) is -1.03. The van der Waals surface area contributed by atoms with Crippen molar-refractivity contribution in [2.75, 3.05) is 13.2 Å². The quantitative estimate of drug-likeness (QED) is 0.697. The van der Waals surface area contributed by atoms with Gasteiger partial charge >= 0.3 is 5.97 Å². The Bertz CT molecular complexity index is 476. The van der Waals surface area contributed by atoms with E-state index in [2.05, 4.69) is 10.1 Å². The number of ether oxygens (including phenoxy) is 1. The summed E-state index contributed by atoms with van der Waals surface area (Å²) < 4.78 is 17.6. The van der Waals surface area contributed by atoms with Gasteiger partial charge in [-0.05, 0) is 12.1 Å². The number of carbonyl (C=O) groups excluding carboxylic acids is 3. The van der Waals surface area contributed by atoms with Crippen LogP contribution in [0.2, 0.25) is 0 Å². The molecule has 1 aromatic carbocycles. The summed E-state index contributed by atoms with van der Waals surface area (Å²) >= 11 is 0. The van der Waals surface area contributed by atoms with Crippen LogP contribution >= 0.6 is 0 Å². The van der Waals surface area contributed by atoms with Gasteiger partial charge in [0, 0.05) is 0 Å². The Morgan fingerprint density at radius 3 is 2.56 bits per heavy atom. The Morgan fingerprint density at radius 2 is 1.94 bits per heavy atom. The fraction of sp³-hybridized carbons (Fsp3) is 0.182. The summed E-state index contributed by atoms with van der Waals surface area (Å²) in [7, 11) is 0. The molecule has 1 rings (SSSR count). The largest absolute Gasteiger partial charge is 0.454 e. The van der Waals surface area contributed by atoms with Crippen molar-refractivity contribution >= 4 is 17.8 Å². The van der Waals surface area contributed by atoms with Gasteiger partial charge in [0.2, 0.25) is 0 Å². The van der Waals surface area contributed by atoms with Gasteiger partial charge in [-0.25, -0.2) is 4.39 Å². The molecule has 0 saturated heterocycles. The van der Waals surface area contributed by atoms with E-state index in [0.29, 0.717) is 0 Å². The molecular weight excluding hydrogens is 243 g/mol. The molecule has 0 aliphatic heterocycles. The lowest BCUT2D eigenvalue weighted by molar-refractivity contribution is -0.146. The number of benzene rings is 1. The van der Waals surface area contributed by atoms with E-state index < -0.39 is 36.8 Å². The molecule has 1 aromatic rings. The van der Waals surface area contributed by atoms with Crippen LogP contribution in [0.15, 0.2) is 24.3 Å². The molecule has 2 amide bonds. The molecule has 0 radical (unpaired) electrons. The molecule has 0 atom stereocenters. The van der Waals surface area contributed by atoms with Crippen LogP contribution in [0.4, 0.5) is 4.39 Å². The molecule has 0 bridgehead atoms. The van der Waals surface area contributed by atoms with Crippen LogP contribution in [0.25, 0.3) is 0 Å². The summed E-state index contributed by atoms with van der Waals surface area (Å²) in [6.07, 6.45) is 0. The second-order valence-corrected chi connectivity index (χ2v) is 3.29. The van der Waals surface area contributed by atoms with Crippen LogP contribution in [0, 0.1) is 5.82 Å². The Morgan fingerprint density at radius 1 is 1.28 bits per heavy atom. The summed E-state index contributed by atoms with van der Waals surface area (Å²) in [5, 5.41) is 2.16. The number of halogens is 1. The molecule has 0 heterocycles. The average Bonchev–Trinajstić information content (AvgIpc) is 2.34. The number of primary amides is 1. The van der Waals surface area contributed by atoms with Crippen molar-refractivity contribution in [2.45, 2.75) is 0 Å². The molecule has 6 nitrogen and oxygen atoms in total. The summed E-state index contributed by atoms with van der Waals surface area (Å²) in [6, 6.07) is 5.33. The standard InChI is InChI=1S/C11H11FN2O4/c12-8-4-2-1-3-7(8)11(17)14-5-10(16)18-6-9(13)15/h1-4H,5-6H2,(H2,13,15)(H,14,17). The molecule has 7 heteroatoms. The first kappa shape index (κ1) is 13.6. The third-order valence-electron chi connectivity index (χ3n) is 1.89. The zero-order valence-electron chi connectivity index (χ0n) is 9.31. The maximum absolute atomic E-state index is 13.2. The molecule has 0 saturated carbocycles. The molecule has 0 aliphatic carbocycles. The van der Waals surface area contributed by atoms with E-state index in [1.165, 1.54) is 18.2 Å². The molecule has 96 valence electrons. The maximum Gasteiger partial charge on any atom is 0.325 e. The van der Waals surface area contributed by atoms with E-state index in [9.17, 15) is 18.8 Å². The maximum atomic E-state index is 13.2.